The third kappa shape index (κ3) is 3.55. The molecule has 1 saturated heterocycles. The number of halogens is 2. The molecule has 0 radical (unpaired) electrons. The summed E-state index contributed by atoms with van der Waals surface area (Å²) in [5.41, 5.74) is 7.64. The van der Waals surface area contributed by atoms with Crippen LogP contribution < -0.4 is 5.73 Å². The van der Waals surface area contributed by atoms with Crippen molar-refractivity contribution in [2.45, 2.75) is 32.2 Å². The van der Waals surface area contributed by atoms with Crippen LogP contribution in [0.5, 0.6) is 0 Å². The molecule has 1 unspecified atom stereocenters. The first-order valence-electron chi connectivity index (χ1n) is 9.23. The molecule has 4 heterocycles. The van der Waals surface area contributed by atoms with Crippen LogP contribution in [0, 0.1) is 5.82 Å². The number of anilines is 1. The normalized spacial score (nSPS) is 18.3. The van der Waals surface area contributed by atoms with E-state index in [1.165, 1.54) is 0 Å². The van der Waals surface area contributed by atoms with Crippen LogP contribution in [0.15, 0.2) is 29.3 Å². The summed E-state index contributed by atoms with van der Waals surface area (Å²) < 4.78 is 17.4. The van der Waals surface area contributed by atoms with E-state index in [1.807, 2.05) is 18.5 Å². The van der Waals surface area contributed by atoms with Crippen LogP contribution in [0.3, 0.4) is 0 Å². The lowest BCUT2D eigenvalue weighted by Crippen LogP contribution is -2.36. The lowest BCUT2D eigenvalue weighted by Gasteiger charge is -2.33. The molecule has 27 heavy (non-hydrogen) atoms. The number of likely N-dealkylation sites (tertiary alicyclic amines) is 1. The molecule has 3 aromatic rings. The molecule has 0 bridgehead atoms. The highest BCUT2D eigenvalue weighted by atomic mass is 79.9. The zero-order chi connectivity index (χ0) is 19.0. The summed E-state index contributed by atoms with van der Waals surface area (Å²) in [7, 11) is 0. The molecule has 8 heteroatoms. The van der Waals surface area contributed by atoms with Crippen LogP contribution in [-0.4, -0.2) is 44.1 Å². The summed E-state index contributed by atoms with van der Waals surface area (Å²) in [5.74, 6) is -0.417. The molecule has 0 aromatic carbocycles. The maximum Gasteiger partial charge on any atom is 0.220 e. The molecular weight excluding hydrogens is 411 g/mol. The monoisotopic (exact) mass is 432 g/mol. The Morgan fingerprint density at radius 3 is 3.00 bits per heavy atom. The minimum absolute atomic E-state index is 0.0622. The van der Waals surface area contributed by atoms with Gasteiger partial charge in [-0.15, -0.1) is 0 Å². The fraction of sp³-hybridized carbons (Fsp3) is 0.421. The molecule has 0 aliphatic carbocycles. The van der Waals surface area contributed by atoms with Crippen molar-refractivity contribution in [2.75, 3.05) is 25.4 Å². The van der Waals surface area contributed by atoms with Gasteiger partial charge in [-0.25, -0.2) is 19.3 Å². The Balaban J connectivity index is 1.84. The van der Waals surface area contributed by atoms with Crippen LogP contribution in [0.25, 0.3) is 22.2 Å². The first-order valence-corrected chi connectivity index (χ1v) is 10.0. The predicted octanol–water partition coefficient (Wildman–Crippen LogP) is 4.02. The van der Waals surface area contributed by atoms with E-state index < -0.39 is 5.82 Å². The summed E-state index contributed by atoms with van der Waals surface area (Å²) in [4.78, 5) is 14.8. The molecule has 0 amide bonds. The SMILES string of the molecule is CCCN1CCCC(n2cc(-c3nc(N)ncc3F)c3cc(Br)ncc32)C1. The van der Waals surface area contributed by atoms with E-state index in [0.29, 0.717) is 16.2 Å². The number of hydrogen-bond donors (Lipinski definition) is 1. The fourth-order valence-electron chi connectivity index (χ4n) is 3.96. The Kier molecular flexibility index (Phi) is 5.10. The highest BCUT2D eigenvalue weighted by Gasteiger charge is 2.24. The van der Waals surface area contributed by atoms with E-state index in [9.17, 15) is 4.39 Å². The molecule has 6 nitrogen and oxygen atoms in total. The molecule has 1 aliphatic heterocycles. The van der Waals surface area contributed by atoms with Gasteiger partial charge in [-0.2, -0.15) is 0 Å². The maximum absolute atomic E-state index is 14.5. The van der Waals surface area contributed by atoms with Gasteiger partial charge in [0.1, 0.15) is 10.3 Å². The summed E-state index contributed by atoms with van der Waals surface area (Å²) in [6.45, 7) is 5.43. The molecular formula is C19H22BrFN6. The third-order valence-corrected chi connectivity index (χ3v) is 5.55. The van der Waals surface area contributed by atoms with E-state index >= 15 is 0 Å². The van der Waals surface area contributed by atoms with Crippen molar-refractivity contribution in [1.82, 2.24) is 24.4 Å². The molecule has 1 atom stereocenters. The van der Waals surface area contributed by atoms with Crippen LogP contribution in [0.4, 0.5) is 10.3 Å². The van der Waals surface area contributed by atoms with Crippen molar-refractivity contribution in [3.63, 3.8) is 0 Å². The second-order valence-electron chi connectivity index (χ2n) is 7.00. The van der Waals surface area contributed by atoms with Crippen molar-refractivity contribution in [3.8, 4) is 11.3 Å². The van der Waals surface area contributed by atoms with Gasteiger partial charge in [0, 0.05) is 29.7 Å². The average Bonchev–Trinajstić information content (AvgIpc) is 3.03. The molecule has 0 spiro atoms. The number of pyridine rings is 1. The maximum atomic E-state index is 14.5. The highest BCUT2D eigenvalue weighted by Crippen LogP contribution is 2.36. The summed E-state index contributed by atoms with van der Waals surface area (Å²) in [6.07, 6.45) is 8.34. The number of nitrogens with two attached hydrogens (primary N) is 1. The number of aromatic nitrogens is 4. The minimum atomic E-state index is -0.479. The summed E-state index contributed by atoms with van der Waals surface area (Å²) in [6, 6.07) is 2.23. The number of rotatable bonds is 4. The summed E-state index contributed by atoms with van der Waals surface area (Å²) >= 11 is 3.43. The van der Waals surface area contributed by atoms with Gasteiger partial charge in [-0.1, -0.05) is 6.92 Å². The Bertz CT molecular complexity index is 970. The zero-order valence-corrected chi connectivity index (χ0v) is 16.8. The Morgan fingerprint density at radius 1 is 1.33 bits per heavy atom. The van der Waals surface area contributed by atoms with Gasteiger partial charge in [0.15, 0.2) is 5.82 Å². The van der Waals surface area contributed by atoms with Crippen molar-refractivity contribution in [3.05, 3.63) is 35.1 Å². The smallest absolute Gasteiger partial charge is 0.220 e. The molecule has 3 aromatic heterocycles. The average molecular weight is 433 g/mol. The van der Waals surface area contributed by atoms with Crippen LogP contribution in [0.1, 0.15) is 32.2 Å². The van der Waals surface area contributed by atoms with E-state index in [2.05, 4.69) is 47.3 Å². The van der Waals surface area contributed by atoms with Crippen molar-refractivity contribution in [1.29, 1.82) is 0 Å². The topological polar surface area (TPSA) is 72.9 Å². The van der Waals surface area contributed by atoms with Crippen molar-refractivity contribution in [2.24, 2.45) is 0 Å². The van der Waals surface area contributed by atoms with Crippen LogP contribution in [0.2, 0.25) is 0 Å². The largest absolute Gasteiger partial charge is 0.368 e. The highest BCUT2D eigenvalue weighted by molar-refractivity contribution is 9.10. The number of nitrogen functional groups attached to an aromatic ring is 1. The predicted molar refractivity (Wildman–Crippen MR) is 108 cm³/mol. The quantitative estimate of drug-likeness (QED) is 0.630. The molecule has 1 fully saturated rings. The molecule has 4 rings (SSSR count). The van der Waals surface area contributed by atoms with Gasteiger partial charge in [-0.05, 0) is 54.3 Å². The summed E-state index contributed by atoms with van der Waals surface area (Å²) in [5, 5.41) is 0.904. The Morgan fingerprint density at radius 2 is 2.19 bits per heavy atom. The number of piperidine rings is 1. The molecule has 1 aliphatic rings. The van der Waals surface area contributed by atoms with E-state index in [4.69, 9.17) is 5.73 Å². The Labute approximate surface area is 165 Å². The molecule has 2 N–H and O–H groups in total. The first-order chi connectivity index (χ1) is 13.1. The first kappa shape index (κ1) is 18.3. The van der Waals surface area contributed by atoms with Gasteiger partial charge in [-0.3, -0.25) is 0 Å². The van der Waals surface area contributed by atoms with E-state index in [-0.39, 0.29) is 11.6 Å². The fourth-order valence-corrected chi connectivity index (χ4v) is 4.29. The van der Waals surface area contributed by atoms with Crippen LogP contribution >= 0.6 is 15.9 Å². The zero-order valence-electron chi connectivity index (χ0n) is 15.2. The number of nitrogens with zero attached hydrogens (tertiary/aromatic N) is 5. The number of fused-ring (bicyclic) bond motifs is 1. The third-order valence-electron chi connectivity index (χ3n) is 5.12. The minimum Gasteiger partial charge on any atom is -0.368 e. The van der Waals surface area contributed by atoms with Gasteiger partial charge >= 0.3 is 0 Å². The molecule has 0 saturated carbocycles. The lowest BCUT2D eigenvalue weighted by atomic mass is 10.1. The van der Waals surface area contributed by atoms with Crippen LogP contribution in [-0.2, 0) is 0 Å². The van der Waals surface area contributed by atoms with Gasteiger partial charge in [0.2, 0.25) is 5.95 Å². The lowest BCUT2D eigenvalue weighted by molar-refractivity contribution is 0.180. The van der Waals surface area contributed by atoms with Crippen molar-refractivity contribution >= 4 is 32.8 Å². The standard InChI is InChI=1S/C19H22BrFN6/c1-2-5-26-6-3-4-12(10-26)27-11-14(13-7-17(20)23-9-16(13)27)18-15(21)8-24-19(22)25-18/h7-9,11-12H,2-6,10H2,1H3,(H2,22,24,25). The van der Waals surface area contributed by atoms with Crippen molar-refractivity contribution < 1.29 is 4.39 Å². The van der Waals surface area contributed by atoms with E-state index in [0.717, 1.165) is 56.0 Å². The van der Waals surface area contributed by atoms with Gasteiger partial charge in [0.25, 0.3) is 0 Å². The van der Waals surface area contributed by atoms with Gasteiger partial charge in [0.05, 0.1) is 17.9 Å². The molecule has 142 valence electrons. The van der Waals surface area contributed by atoms with E-state index in [1.54, 1.807) is 0 Å². The second kappa shape index (κ2) is 7.52. The Hall–Kier alpha value is -2.06. The number of hydrogen-bond acceptors (Lipinski definition) is 5. The van der Waals surface area contributed by atoms with Gasteiger partial charge < -0.3 is 15.2 Å². The second-order valence-corrected chi connectivity index (χ2v) is 7.81.